The van der Waals surface area contributed by atoms with Gasteiger partial charge in [-0.3, -0.25) is 9.69 Å². The minimum absolute atomic E-state index is 0.0106. The van der Waals surface area contributed by atoms with Crippen LogP contribution in [0, 0.1) is 5.92 Å². The molecule has 2 rings (SSSR count). The number of carboxylic acid groups (broad SMARTS) is 1. The first-order valence-electron chi connectivity index (χ1n) is 6.34. The van der Waals surface area contributed by atoms with Crippen molar-refractivity contribution in [2.24, 2.45) is 5.92 Å². The third-order valence-corrected chi connectivity index (χ3v) is 3.33. The molecule has 0 saturated heterocycles. The predicted octanol–water partition coefficient (Wildman–Crippen LogP) is 1.34. The van der Waals surface area contributed by atoms with Crippen molar-refractivity contribution in [2.45, 2.75) is 25.4 Å². The fraction of sp³-hybridized carbons (Fsp3) is 0.500. The molecular formula is C14H19NO3. The van der Waals surface area contributed by atoms with E-state index in [2.05, 4.69) is 0 Å². The lowest BCUT2D eigenvalue weighted by atomic mass is 10.1. The first-order chi connectivity index (χ1) is 8.72. The van der Waals surface area contributed by atoms with E-state index in [1.165, 1.54) is 0 Å². The van der Waals surface area contributed by atoms with Gasteiger partial charge < -0.3 is 10.2 Å². The number of hydrogen-bond donors (Lipinski definition) is 2. The zero-order valence-corrected chi connectivity index (χ0v) is 10.3. The summed E-state index contributed by atoms with van der Waals surface area (Å²) in [5.74, 6) is -0.528. The molecule has 2 N–H and O–H groups in total. The van der Waals surface area contributed by atoms with E-state index in [0.29, 0.717) is 13.1 Å². The van der Waals surface area contributed by atoms with Gasteiger partial charge in [0.2, 0.25) is 0 Å². The SMILES string of the molecule is O=C(O)C(C1CC1)N(CCO)Cc1ccccc1. The van der Waals surface area contributed by atoms with E-state index in [4.69, 9.17) is 5.11 Å². The fourth-order valence-corrected chi connectivity index (χ4v) is 2.33. The average Bonchev–Trinajstić information content (AvgIpc) is 3.15. The second-order valence-corrected chi connectivity index (χ2v) is 4.80. The molecule has 0 radical (unpaired) electrons. The number of carbonyl (C=O) groups is 1. The molecule has 4 nitrogen and oxygen atoms in total. The van der Waals surface area contributed by atoms with Gasteiger partial charge in [-0.1, -0.05) is 30.3 Å². The summed E-state index contributed by atoms with van der Waals surface area (Å²) in [5.41, 5.74) is 1.08. The molecule has 1 unspecified atom stereocenters. The molecular weight excluding hydrogens is 230 g/mol. The van der Waals surface area contributed by atoms with Crippen LogP contribution in [0.3, 0.4) is 0 Å². The van der Waals surface area contributed by atoms with Crippen molar-refractivity contribution in [1.29, 1.82) is 0 Å². The predicted molar refractivity (Wildman–Crippen MR) is 68.1 cm³/mol. The summed E-state index contributed by atoms with van der Waals surface area (Å²) in [4.78, 5) is 13.2. The molecule has 0 aliphatic heterocycles. The Hall–Kier alpha value is -1.39. The standard InChI is InChI=1S/C14H19NO3/c16-9-8-15(10-11-4-2-1-3-5-11)13(14(17)18)12-6-7-12/h1-5,12-13,16H,6-10H2,(H,17,18). The lowest BCUT2D eigenvalue weighted by molar-refractivity contribution is -0.144. The van der Waals surface area contributed by atoms with Gasteiger partial charge in [-0.05, 0) is 24.3 Å². The molecule has 1 atom stereocenters. The highest BCUT2D eigenvalue weighted by atomic mass is 16.4. The Kier molecular flexibility index (Phi) is 4.33. The van der Waals surface area contributed by atoms with Crippen LogP contribution in [0.25, 0.3) is 0 Å². The highest BCUT2D eigenvalue weighted by molar-refractivity contribution is 5.74. The van der Waals surface area contributed by atoms with E-state index in [1.807, 2.05) is 35.2 Å². The molecule has 1 aliphatic carbocycles. The molecule has 1 fully saturated rings. The summed E-state index contributed by atoms with van der Waals surface area (Å²) >= 11 is 0. The summed E-state index contributed by atoms with van der Waals surface area (Å²) in [7, 11) is 0. The van der Waals surface area contributed by atoms with Gasteiger partial charge in [0.25, 0.3) is 0 Å². The van der Waals surface area contributed by atoms with Gasteiger partial charge in [0, 0.05) is 13.1 Å². The first-order valence-corrected chi connectivity index (χ1v) is 6.34. The van der Waals surface area contributed by atoms with Crippen molar-refractivity contribution in [1.82, 2.24) is 4.90 Å². The summed E-state index contributed by atoms with van der Waals surface area (Å²) in [6.07, 6.45) is 1.96. The number of aliphatic hydroxyl groups excluding tert-OH is 1. The van der Waals surface area contributed by atoms with E-state index in [-0.39, 0.29) is 12.5 Å². The zero-order valence-electron chi connectivity index (χ0n) is 10.3. The fourth-order valence-electron chi connectivity index (χ4n) is 2.33. The number of benzene rings is 1. The van der Waals surface area contributed by atoms with Gasteiger partial charge in [0.1, 0.15) is 6.04 Å². The molecule has 98 valence electrons. The van der Waals surface area contributed by atoms with Gasteiger partial charge in [0.15, 0.2) is 0 Å². The molecule has 1 saturated carbocycles. The van der Waals surface area contributed by atoms with Crippen LogP contribution >= 0.6 is 0 Å². The summed E-state index contributed by atoms with van der Waals surface area (Å²) in [6.45, 7) is 0.973. The highest BCUT2D eigenvalue weighted by Gasteiger charge is 2.39. The maximum absolute atomic E-state index is 11.4. The van der Waals surface area contributed by atoms with Crippen LogP contribution in [0.1, 0.15) is 18.4 Å². The maximum Gasteiger partial charge on any atom is 0.321 e. The van der Waals surface area contributed by atoms with E-state index in [0.717, 1.165) is 18.4 Å². The van der Waals surface area contributed by atoms with Crippen molar-refractivity contribution >= 4 is 5.97 Å². The second-order valence-electron chi connectivity index (χ2n) is 4.80. The molecule has 4 heteroatoms. The van der Waals surface area contributed by atoms with E-state index in [9.17, 15) is 9.90 Å². The van der Waals surface area contributed by atoms with E-state index < -0.39 is 12.0 Å². The first kappa shape index (κ1) is 13.1. The Morgan fingerprint density at radius 2 is 2.00 bits per heavy atom. The highest BCUT2D eigenvalue weighted by Crippen LogP contribution is 2.36. The monoisotopic (exact) mass is 249 g/mol. The molecule has 1 aliphatic rings. The number of rotatable bonds is 7. The third kappa shape index (κ3) is 3.31. The van der Waals surface area contributed by atoms with Crippen LogP contribution in [0.4, 0.5) is 0 Å². The maximum atomic E-state index is 11.4. The third-order valence-electron chi connectivity index (χ3n) is 3.33. The van der Waals surface area contributed by atoms with Crippen LogP contribution in [0.5, 0.6) is 0 Å². The average molecular weight is 249 g/mol. The molecule has 1 aromatic rings. The Morgan fingerprint density at radius 1 is 1.33 bits per heavy atom. The van der Waals surface area contributed by atoms with Crippen LogP contribution in [0.15, 0.2) is 30.3 Å². The number of nitrogens with zero attached hydrogens (tertiary/aromatic N) is 1. The van der Waals surface area contributed by atoms with Gasteiger partial charge in [-0.2, -0.15) is 0 Å². The van der Waals surface area contributed by atoms with Crippen molar-refractivity contribution < 1.29 is 15.0 Å². The van der Waals surface area contributed by atoms with E-state index in [1.54, 1.807) is 0 Å². The minimum atomic E-state index is -0.776. The summed E-state index contributed by atoms with van der Waals surface area (Å²) in [6, 6.07) is 9.33. The van der Waals surface area contributed by atoms with E-state index >= 15 is 0 Å². The van der Waals surface area contributed by atoms with Gasteiger partial charge in [-0.25, -0.2) is 0 Å². The molecule has 18 heavy (non-hydrogen) atoms. The van der Waals surface area contributed by atoms with Gasteiger partial charge in [-0.15, -0.1) is 0 Å². The lowest BCUT2D eigenvalue weighted by Gasteiger charge is -2.28. The Bertz CT molecular complexity index is 389. The number of aliphatic hydroxyl groups is 1. The second kappa shape index (κ2) is 5.98. The smallest absolute Gasteiger partial charge is 0.321 e. The largest absolute Gasteiger partial charge is 0.480 e. The van der Waals surface area contributed by atoms with Crippen molar-refractivity contribution in [3.8, 4) is 0 Å². The molecule has 0 amide bonds. The Labute approximate surface area is 107 Å². The van der Waals surface area contributed by atoms with Crippen molar-refractivity contribution in [2.75, 3.05) is 13.2 Å². The van der Waals surface area contributed by atoms with Crippen LogP contribution in [-0.2, 0) is 11.3 Å². The minimum Gasteiger partial charge on any atom is -0.480 e. The van der Waals surface area contributed by atoms with Gasteiger partial charge >= 0.3 is 5.97 Å². The zero-order chi connectivity index (χ0) is 13.0. The Balaban J connectivity index is 2.08. The molecule has 0 bridgehead atoms. The molecule has 0 spiro atoms. The molecule has 1 aromatic carbocycles. The Morgan fingerprint density at radius 3 is 2.50 bits per heavy atom. The number of aliphatic carboxylic acids is 1. The van der Waals surface area contributed by atoms with Crippen molar-refractivity contribution in [3.63, 3.8) is 0 Å². The lowest BCUT2D eigenvalue weighted by Crippen LogP contribution is -2.43. The van der Waals surface area contributed by atoms with Gasteiger partial charge in [0.05, 0.1) is 6.61 Å². The van der Waals surface area contributed by atoms with Crippen LogP contribution < -0.4 is 0 Å². The van der Waals surface area contributed by atoms with Crippen LogP contribution in [-0.4, -0.2) is 40.3 Å². The molecule has 0 heterocycles. The van der Waals surface area contributed by atoms with Crippen LogP contribution in [0.2, 0.25) is 0 Å². The quantitative estimate of drug-likeness (QED) is 0.765. The van der Waals surface area contributed by atoms with Crippen molar-refractivity contribution in [3.05, 3.63) is 35.9 Å². The number of hydrogen-bond acceptors (Lipinski definition) is 3. The molecule has 0 aromatic heterocycles. The normalized spacial score (nSPS) is 16.8. The summed E-state index contributed by atoms with van der Waals surface area (Å²) < 4.78 is 0. The number of carboxylic acids is 1. The summed E-state index contributed by atoms with van der Waals surface area (Å²) in [5, 5.41) is 18.4. The topological polar surface area (TPSA) is 60.8 Å².